The lowest BCUT2D eigenvalue weighted by atomic mass is 10.1. The number of alkyl halides is 2. The first-order valence-electron chi connectivity index (χ1n) is 6.54. The van der Waals surface area contributed by atoms with Gasteiger partial charge in [-0.05, 0) is 38.9 Å². The Morgan fingerprint density at radius 1 is 1.35 bits per heavy atom. The average Bonchev–Trinajstić information content (AvgIpc) is 2.33. The molecule has 1 aliphatic heterocycles. The minimum Gasteiger partial charge on any atom is -0.374 e. The molecule has 1 heterocycles. The van der Waals surface area contributed by atoms with Crippen LogP contribution in [0.15, 0.2) is 0 Å². The zero-order valence-electron chi connectivity index (χ0n) is 10.6. The molecule has 1 saturated heterocycles. The minimum atomic E-state index is -2.35. The van der Waals surface area contributed by atoms with Gasteiger partial charge in [0.15, 0.2) is 0 Å². The van der Waals surface area contributed by atoms with Crippen molar-refractivity contribution in [2.45, 2.75) is 38.7 Å². The number of rotatable bonds is 8. The molecule has 0 unspecified atom stereocenters. The molecule has 1 N–H and O–H groups in total. The van der Waals surface area contributed by atoms with Gasteiger partial charge >= 0.3 is 0 Å². The van der Waals surface area contributed by atoms with E-state index in [1.54, 1.807) is 0 Å². The van der Waals surface area contributed by atoms with Crippen LogP contribution in [0.5, 0.6) is 0 Å². The van der Waals surface area contributed by atoms with E-state index < -0.39 is 13.0 Å². The molecule has 0 aromatic heterocycles. The second kappa shape index (κ2) is 8.78. The maximum atomic E-state index is 11.8. The summed E-state index contributed by atoms with van der Waals surface area (Å²) in [4.78, 5) is 2.29. The van der Waals surface area contributed by atoms with E-state index in [1.807, 2.05) is 0 Å². The highest BCUT2D eigenvalue weighted by atomic mass is 19.3. The molecule has 0 spiro atoms. The van der Waals surface area contributed by atoms with Crippen LogP contribution in [0.2, 0.25) is 0 Å². The summed E-state index contributed by atoms with van der Waals surface area (Å²) in [5.74, 6) is 0. The Balaban J connectivity index is 1.99. The number of halogens is 2. The van der Waals surface area contributed by atoms with E-state index in [0.29, 0.717) is 12.6 Å². The highest BCUT2D eigenvalue weighted by Gasteiger charge is 2.17. The molecule has 3 nitrogen and oxygen atoms in total. The fourth-order valence-electron chi connectivity index (χ4n) is 2.08. The highest BCUT2D eigenvalue weighted by Crippen LogP contribution is 2.09. The molecule has 0 aromatic carbocycles. The van der Waals surface area contributed by atoms with Crippen LogP contribution in [0.25, 0.3) is 0 Å². The molecule has 0 bridgehead atoms. The van der Waals surface area contributed by atoms with Gasteiger partial charge in [-0.1, -0.05) is 6.92 Å². The lowest BCUT2D eigenvalue weighted by Crippen LogP contribution is -2.43. The van der Waals surface area contributed by atoms with Crippen molar-refractivity contribution in [1.29, 1.82) is 0 Å². The van der Waals surface area contributed by atoms with Gasteiger partial charge in [-0.15, -0.1) is 0 Å². The molecular weight excluding hydrogens is 226 g/mol. The lowest BCUT2D eigenvalue weighted by molar-refractivity contribution is 0.00764. The van der Waals surface area contributed by atoms with E-state index >= 15 is 0 Å². The van der Waals surface area contributed by atoms with E-state index in [9.17, 15) is 8.78 Å². The highest BCUT2D eigenvalue weighted by molar-refractivity contribution is 4.76. The second-order valence-corrected chi connectivity index (χ2v) is 4.54. The minimum absolute atomic E-state index is 0.414. The number of nitrogens with zero attached hydrogens (tertiary/aromatic N) is 1. The zero-order valence-corrected chi connectivity index (χ0v) is 10.6. The Labute approximate surface area is 103 Å². The summed E-state index contributed by atoms with van der Waals surface area (Å²) in [6.07, 6.45) is 1.12. The van der Waals surface area contributed by atoms with Crippen LogP contribution in [0.4, 0.5) is 8.78 Å². The summed E-state index contributed by atoms with van der Waals surface area (Å²) in [6.45, 7) is 6.09. The van der Waals surface area contributed by atoms with E-state index in [0.717, 1.165) is 39.0 Å². The van der Waals surface area contributed by atoms with Crippen LogP contribution in [0.1, 0.15) is 26.2 Å². The van der Waals surface area contributed by atoms with Crippen LogP contribution >= 0.6 is 0 Å². The van der Waals surface area contributed by atoms with Gasteiger partial charge < -0.3 is 15.0 Å². The SMILES string of the molecule is CCCNC1CCN(CCOCC(F)F)CC1. The van der Waals surface area contributed by atoms with Gasteiger partial charge in [0.25, 0.3) is 6.43 Å². The number of piperidine rings is 1. The first-order valence-corrected chi connectivity index (χ1v) is 6.54. The topological polar surface area (TPSA) is 24.5 Å². The standard InChI is InChI=1S/C12H24F2N2O/c1-2-5-15-11-3-6-16(7-4-11)8-9-17-10-12(13)14/h11-12,15H,2-10H2,1H3. The van der Waals surface area contributed by atoms with Crippen molar-refractivity contribution in [3.05, 3.63) is 0 Å². The van der Waals surface area contributed by atoms with Gasteiger partial charge in [-0.3, -0.25) is 0 Å². The van der Waals surface area contributed by atoms with Gasteiger partial charge in [0, 0.05) is 12.6 Å². The van der Waals surface area contributed by atoms with Crippen molar-refractivity contribution in [3.63, 3.8) is 0 Å². The molecular formula is C12H24F2N2O. The predicted molar refractivity (Wildman–Crippen MR) is 64.6 cm³/mol. The zero-order chi connectivity index (χ0) is 12.5. The Bertz CT molecular complexity index is 185. The molecule has 1 aliphatic rings. The van der Waals surface area contributed by atoms with Crippen molar-refractivity contribution in [2.24, 2.45) is 0 Å². The van der Waals surface area contributed by atoms with Crippen LogP contribution in [-0.2, 0) is 4.74 Å². The van der Waals surface area contributed by atoms with E-state index in [4.69, 9.17) is 4.74 Å². The molecule has 102 valence electrons. The van der Waals surface area contributed by atoms with E-state index in [1.165, 1.54) is 6.42 Å². The summed E-state index contributed by atoms with van der Waals surface area (Å²) in [6, 6.07) is 0.633. The van der Waals surface area contributed by atoms with Crippen molar-refractivity contribution >= 4 is 0 Å². The van der Waals surface area contributed by atoms with Crippen LogP contribution < -0.4 is 5.32 Å². The molecule has 0 atom stereocenters. The van der Waals surface area contributed by atoms with Gasteiger partial charge in [0.05, 0.1) is 6.61 Å². The number of ether oxygens (including phenoxy) is 1. The first-order chi connectivity index (χ1) is 8.22. The third kappa shape index (κ3) is 6.91. The fraction of sp³-hybridized carbons (Fsp3) is 1.00. The van der Waals surface area contributed by atoms with Crippen LogP contribution in [0.3, 0.4) is 0 Å². The molecule has 0 aliphatic carbocycles. The third-order valence-electron chi connectivity index (χ3n) is 3.07. The van der Waals surface area contributed by atoms with Gasteiger partial charge in [-0.25, -0.2) is 8.78 Å². The number of nitrogens with one attached hydrogen (secondary N) is 1. The van der Waals surface area contributed by atoms with Crippen molar-refractivity contribution in [1.82, 2.24) is 10.2 Å². The molecule has 5 heteroatoms. The number of hydrogen-bond acceptors (Lipinski definition) is 3. The lowest BCUT2D eigenvalue weighted by Gasteiger charge is -2.32. The smallest absolute Gasteiger partial charge is 0.261 e. The number of hydrogen-bond donors (Lipinski definition) is 1. The van der Waals surface area contributed by atoms with E-state index in [2.05, 4.69) is 17.1 Å². The Hall–Kier alpha value is -0.260. The van der Waals surface area contributed by atoms with Gasteiger partial charge in [0.1, 0.15) is 6.61 Å². The Morgan fingerprint density at radius 2 is 2.06 bits per heavy atom. The first kappa shape index (κ1) is 14.8. The molecule has 0 radical (unpaired) electrons. The predicted octanol–water partition coefficient (Wildman–Crippen LogP) is 1.73. The largest absolute Gasteiger partial charge is 0.374 e. The molecule has 17 heavy (non-hydrogen) atoms. The van der Waals surface area contributed by atoms with Crippen molar-refractivity contribution in [3.8, 4) is 0 Å². The molecule has 0 amide bonds. The molecule has 0 aromatic rings. The summed E-state index contributed by atoms with van der Waals surface area (Å²) in [5, 5.41) is 3.52. The number of likely N-dealkylation sites (tertiary alicyclic amines) is 1. The maximum Gasteiger partial charge on any atom is 0.261 e. The van der Waals surface area contributed by atoms with Gasteiger partial charge in [-0.2, -0.15) is 0 Å². The second-order valence-electron chi connectivity index (χ2n) is 4.54. The Morgan fingerprint density at radius 3 is 2.65 bits per heavy atom. The van der Waals surface area contributed by atoms with Crippen LogP contribution in [-0.4, -0.2) is 56.8 Å². The van der Waals surface area contributed by atoms with Crippen molar-refractivity contribution < 1.29 is 13.5 Å². The Kier molecular flexibility index (Phi) is 7.64. The van der Waals surface area contributed by atoms with Crippen molar-refractivity contribution in [2.75, 3.05) is 39.4 Å². The normalized spacial score (nSPS) is 19.1. The quantitative estimate of drug-likeness (QED) is 0.664. The maximum absolute atomic E-state index is 11.8. The molecule has 1 rings (SSSR count). The monoisotopic (exact) mass is 250 g/mol. The third-order valence-corrected chi connectivity index (χ3v) is 3.07. The van der Waals surface area contributed by atoms with E-state index in [-0.39, 0.29) is 0 Å². The average molecular weight is 250 g/mol. The summed E-state index contributed by atoms with van der Waals surface area (Å²) in [7, 11) is 0. The summed E-state index contributed by atoms with van der Waals surface area (Å²) < 4.78 is 28.5. The summed E-state index contributed by atoms with van der Waals surface area (Å²) >= 11 is 0. The fourth-order valence-corrected chi connectivity index (χ4v) is 2.08. The van der Waals surface area contributed by atoms with Crippen LogP contribution in [0, 0.1) is 0 Å². The van der Waals surface area contributed by atoms with Gasteiger partial charge in [0.2, 0.25) is 0 Å². The molecule has 1 fully saturated rings. The molecule has 0 saturated carbocycles. The summed E-state index contributed by atoms with van der Waals surface area (Å²) in [5.41, 5.74) is 0.